The smallest absolute Gasteiger partial charge is 0.407 e. The molecular formula is C29H37N5O3. The summed E-state index contributed by atoms with van der Waals surface area (Å²) < 4.78 is 0. The first-order valence-electron chi connectivity index (χ1n) is 13.1. The van der Waals surface area contributed by atoms with E-state index in [4.69, 9.17) is 5.26 Å². The summed E-state index contributed by atoms with van der Waals surface area (Å²) >= 11 is 0. The molecule has 4 rings (SSSR count). The molecular weight excluding hydrogens is 466 g/mol. The number of carbonyl (C=O) groups excluding carboxylic acids is 1. The zero-order chi connectivity index (χ0) is 26.6. The molecule has 8 nitrogen and oxygen atoms in total. The number of piperidine rings is 1. The minimum atomic E-state index is -0.853. The van der Waals surface area contributed by atoms with Crippen LogP contribution in [0, 0.1) is 16.7 Å². The highest BCUT2D eigenvalue weighted by atomic mass is 16.4. The average Bonchev–Trinajstić information content (AvgIpc) is 2.91. The topological polar surface area (TPSA) is 99.9 Å². The van der Waals surface area contributed by atoms with E-state index in [1.54, 1.807) is 4.90 Å². The van der Waals surface area contributed by atoms with Crippen molar-refractivity contribution in [1.82, 2.24) is 10.2 Å². The van der Waals surface area contributed by atoms with E-state index in [-0.39, 0.29) is 30.0 Å². The number of carboxylic acid groups (broad SMARTS) is 1. The van der Waals surface area contributed by atoms with Crippen LogP contribution in [0.2, 0.25) is 0 Å². The van der Waals surface area contributed by atoms with E-state index in [1.807, 2.05) is 18.2 Å². The molecule has 2 aromatic carbocycles. The summed E-state index contributed by atoms with van der Waals surface area (Å²) in [5, 5.41) is 21.2. The maximum Gasteiger partial charge on any atom is 0.407 e. The molecule has 2 amide bonds. The van der Waals surface area contributed by atoms with Gasteiger partial charge in [-0.05, 0) is 60.1 Å². The Morgan fingerprint density at radius 1 is 1.03 bits per heavy atom. The van der Waals surface area contributed by atoms with Gasteiger partial charge in [-0.2, -0.15) is 5.26 Å². The van der Waals surface area contributed by atoms with Crippen LogP contribution in [0.4, 0.5) is 16.2 Å². The summed E-state index contributed by atoms with van der Waals surface area (Å²) in [6.07, 6.45) is 1.96. The molecule has 196 valence electrons. The number of nitrogens with one attached hydrogen (secondary N) is 1. The standard InChI is InChI=1S/C29H37N5O3/c1-29(2,3)26-20-32(17-18-34(26)28(36)37)23-12-10-21(11-13-23)22-7-6-8-24(19-22)33-16-5-4-9-25(33)27(35)31-15-14-30/h6-8,10-13,19,25-26H,4-5,9,15-18,20H2,1-3H3,(H,31,35)(H,36,37). The number of carbonyl (C=O) groups is 2. The molecule has 0 spiro atoms. The number of anilines is 2. The zero-order valence-corrected chi connectivity index (χ0v) is 22.0. The van der Waals surface area contributed by atoms with Crippen LogP contribution in [0.5, 0.6) is 0 Å². The van der Waals surface area contributed by atoms with E-state index < -0.39 is 6.09 Å². The Balaban J connectivity index is 1.51. The second kappa shape index (κ2) is 11.1. The van der Waals surface area contributed by atoms with Gasteiger partial charge in [-0.15, -0.1) is 0 Å². The van der Waals surface area contributed by atoms with Gasteiger partial charge in [0.2, 0.25) is 5.91 Å². The molecule has 37 heavy (non-hydrogen) atoms. The summed E-state index contributed by atoms with van der Waals surface area (Å²) in [6.45, 7) is 8.92. The van der Waals surface area contributed by atoms with Gasteiger partial charge in [-0.3, -0.25) is 4.79 Å². The summed E-state index contributed by atoms with van der Waals surface area (Å²) in [5.74, 6) is -0.0902. The molecule has 2 fully saturated rings. The Labute approximate surface area is 219 Å². The fourth-order valence-electron chi connectivity index (χ4n) is 5.47. The summed E-state index contributed by atoms with van der Waals surface area (Å²) in [7, 11) is 0. The van der Waals surface area contributed by atoms with E-state index in [0.29, 0.717) is 19.6 Å². The van der Waals surface area contributed by atoms with Gasteiger partial charge in [0.25, 0.3) is 0 Å². The molecule has 0 radical (unpaired) electrons. The number of rotatable bonds is 5. The Morgan fingerprint density at radius 2 is 1.78 bits per heavy atom. The summed E-state index contributed by atoms with van der Waals surface area (Å²) in [6, 6.07) is 18.3. The number of nitriles is 1. The number of hydrogen-bond acceptors (Lipinski definition) is 5. The van der Waals surface area contributed by atoms with Gasteiger partial charge in [0.05, 0.1) is 12.1 Å². The van der Waals surface area contributed by atoms with Crippen LogP contribution in [-0.4, -0.2) is 66.8 Å². The van der Waals surface area contributed by atoms with E-state index in [0.717, 1.165) is 48.3 Å². The maximum atomic E-state index is 12.7. The highest BCUT2D eigenvalue weighted by molar-refractivity contribution is 5.86. The minimum Gasteiger partial charge on any atom is -0.465 e. The van der Waals surface area contributed by atoms with Gasteiger partial charge < -0.3 is 25.1 Å². The molecule has 2 unspecified atom stereocenters. The third-order valence-electron chi connectivity index (χ3n) is 7.52. The molecule has 2 N–H and O–H groups in total. The first-order chi connectivity index (χ1) is 17.7. The second-order valence-electron chi connectivity index (χ2n) is 11.0. The van der Waals surface area contributed by atoms with E-state index >= 15 is 0 Å². The molecule has 0 bridgehead atoms. The molecule has 8 heteroatoms. The van der Waals surface area contributed by atoms with Crippen molar-refractivity contribution in [2.45, 2.75) is 52.1 Å². The number of benzene rings is 2. The van der Waals surface area contributed by atoms with Crippen molar-refractivity contribution in [3.05, 3.63) is 48.5 Å². The summed E-state index contributed by atoms with van der Waals surface area (Å²) in [4.78, 5) is 30.5. The van der Waals surface area contributed by atoms with Crippen molar-refractivity contribution >= 4 is 23.4 Å². The Bertz CT molecular complexity index is 1150. The number of nitrogens with zero attached hydrogens (tertiary/aromatic N) is 4. The van der Waals surface area contributed by atoms with Crippen molar-refractivity contribution in [2.24, 2.45) is 5.41 Å². The van der Waals surface area contributed by atoms with Gasteiger partial charge in [-0.25, -0.2) is 4.79 Å². The van der Waals surface area contributed by atoms with Gasteiger partial charge in [0, 0.05) is 37.6 Å². The molecule has 0 saturated carbocycles. The number of piperazine rings is 1. The molecule has 2 aromatic rings. The Morgan fingerprint density at radius 3 is 2.46 bits per heavy atom. The predicted molar refractivity (Wildman–Crippen MR) is 146 cm³/mol. The SMILES string of the molecule is CC(C)(C)C1CN(c2ccc(-c3cccc(N4CCCCC4C(=O)NCC#N)c3)cc2)CCN1C(=O)O. The molecule has 2 atom stereocenters. The highest BCUT2D eigenvalue weighted by Gasteiger charge is 2.38. The van der Waals surface area contributed by atoms with E-state index in [1.165, 1.54) is 0 Å². The van der Waals surface area contributed by atoms with Crippen LogP contribution in [0.1, 0.15) is 40.0 Å². The fraction of sp³-hybridized carbons (Fsp3) is 0.483. The third-order valence-corrected chi connectivity index (χ3v) is 7.52. The van der Waals surface area contributed by atoms with Crippen molar-refractivity contribution in [1.29, 1.82) is 5.26 Å². The van der Waals surface area contributed by atoms with Crippen molar-refractivity contribution in [3.63, 3.8) is 0 Å². The lowest BCUT2D eigenvalue weighted by atomic mass is 9.84. The third kappa shape index (κ3) is 5.99. The van der Waals surface area contributed by atoms with Crippen molar-refractivity contribution < 1.29 is 14.7 Å². The second-order valence-corrected chi connectivity index (χ2v) is 11.0. The molecule has 2 heterocycles. The normalized spacial score (nSPS) is 20.3. The fourth-order valence-corrected chi connectivity index (χ4v) is 5.47. The molecule has 0 aromatic heterocycles. The Hall–Kier alpha value is -3.73. The van der Waals surface area contributed by atoms with Gasteiger partial charge in [0.15, 0.2) is 0 Å². The Kier molecular flexibility index (Phi) is 7.91. The lowest BCUT2D eigenvalue weighted by Gasteiger charge is -2.46. The van der Waals surface area contributed by atoms with Crippen LogP contribution in [0.15, 0.2) is 48.5 Å². The van der Waals surface area contributed by atoms with Gasteiger partial charge >= 0.3 is 6.09 Å². The highest BCUT2D eigenvalue weighted by Crippen LogP contribution is 2.33. The van der Waals surface area contributed by atoms with Crippen LogP contribution < -0.4 is 15.1 Å². The lowest BCUT2D eigenvalue weighted by Crippen LogP contribution is -2.59. The number of amides is 2. The van der Waals surface area contributed by atoms with Crippen LogP contribution in [0.25, 0.3) is 11.1 Å². The van der Waals surface area contributed by atoms with Crippen LogP contribution in [0.3, 0.4) is 0 Å². The molecule has 2 aliphatic heterocycles. The van der Waals surface area contributed by atoms with E-state index in [2.05, 4.69) is 72.3 Å². The number of hydrogen-bond donors (Lipinski definition) is 2. The predicted octanol–water partition coefficient (Wildman–Crippen LogP) is 4.57. The van der Waals surface area contributed by atoms with Crippen molar-refractivity contribution in [3.8, 4) is 17.2 Å². The van der Waals surface area contributed by atoms with Crippen LogP contribution in [-0.2, 0) is 4.79 Å². The first-order valence-corrected chi connectivity index (χ1v) is 13.1. The monoisotopic (exact) mass is 503 g/mol. The van der Waals surface area contributed by atoms with Gasteiger partial charge in [0.1, 0.15) is 12.6 Å². The lowest BCUT2D eigenvalue weighted by molar-refractivity contribution is -0.122. The van der Waals surface area contributed by atoms with Crippen LogP contribution >= 0.6 is 0 Å². The first kappa shape index (κ1) is 26.3. The average molecular weight is 504 g/mol. The molecule has 0 aliphatic carbocycles. The largest absolute Gasteiger partial charge is 0.465 e. The summed E-state index contributed by atoms with van der Waals surface area (Å²) in [5.41, 5.74) is 4.11. The van der Waals surface area contributed by atoms with E-state index in [9.17, 15) is 14.7 Å². The maximum absolute atomic E-state index is 12.7. The quantitative estimate of drug-likeness (QED) is 0.580. The van der Waals surface area contributed by atoms with Gasteiger partial charge in [-0.1, -0.05) is 45.0 Å². The zero-order valence-electron chi connectivity index (χ0n) is 22.0. The molecule has 2 aliphatic rings. The molecule has 2 saturated heterocycles. The minimum absolute atomic E-state index is 0.0252. The van der Waals surface area contributed by atoms with Crippen molar-refractivity contribution in [2.75, 3.05) is 42.5 Å².